The van der Waals surface area contributed by atoms with Gasteiger partial charge in [-0.05, 0) is 72.4 Å². The van der Waals surface area contributed by atoms with Gasteiger partial charge in [-0.25, -0.2) is 5.43 Å². The molecule has 32 heavy (non-hydrogen) atoms. The van der Waals surface area contributed by atoms with Crippen LogP contribution in [-0.2, 0) is 11.4 Å². The Labute approximate surface area is 190 Å². The van der Waals surface area contributed by atoms with Crippen molar-refractivity contribution < 1.29 is 14.3 Å². The van der Waals surface area contributed by atoms with Crippen LogP contribution in [0.15, 0.2) is 71.8 Å². The zero-order chi connectivity index (χ0) is 22.9. The molecule has 0 heterocycles. The van der Waals surface area contributed by atoms with Crippen LogP contribution in [0.2, 0.25) is 0 Å². The SMILES string of the molecule is Cc1ccc(COc2ccc(/C=N\NC(=O)COc3cc(C)ccc3C(C)C)cc2)cc1. The molecule has 166 valence electrons. The third-order valence-electron chi connectivity index (χ3n) is 4.96. The Morgan fingerprint density at radius 2 is 1.62 bits per heavy atom. The predicted octanol–water partition coefficient (Wildman–Crippen LogP) is 5.53. The number of ether oxygens (including phenoxy) is 2. The highest BCUT2D eigenvalue weighted by Crippen LogP contribution is 2.27. The van der Waals surface area contributed by atoms with E-state index in [4.69, 9.17) is 9.47 Å². The quantitative estimate of drug-likeness (QED) is 0.358. The van der Waals surface area contributed by atoms with Crippen molar-refractivity contribution in [3.05, 3.63) is 94.5 Å². The van der Waals surface area contributed by atoms with Gasteiger partial charge in [-0.3, -0.25) is 4.79 Å². The second-order valence-corrected chi connectivity index (χ2v) is 8.12. The fourth-order valence-corrected chi connectivity index (χ4v) is 3.10. The molecular formula is C27H30N2O3. The average molecular weight is 431 g/mol. The maximum absolute atomic E-state index is 12.1. The van der Waals surface area contributed by atoms with Crippen molar-refractivity contribution in [1.29, 1.82) is 0 Å². The smallest absolute Gasteiger partial charge is 0.277 e. The third kappa shape index (κ3) is 6.98. The van der Waals surface area contributed by atoms with Gasteiger partial charge in [0.05, 0.1) is 6.21 Å². The molecule has 3 rings (SSSR count). The van der Waals surface area contributed by atoms with Gasteiger partial charge in [0, 0.05) is 0 Å². The maximum atomic E-state index is 12.1. The summed E-state index contributed by atoms with van der Waals surface area (Å²) in [4.78, 5) is 12.1. The fourth-order valence-electron chi connectivity index (χ4n) is 3.10. The van der Waals surface area contributed by atoms with Crippen molar-refractivity contribution in [3.8, 4) is 11.5 Å². The first kappa shape index (κ1) is 23.1. The van der Waals surface area contributed by atoms with Crippen LogP contribution >= 0.6 is 0 Å². The summed E-state index contributed by atoms with van der Waals surface area (Å²) in [6.07, 6.45) is 1.59. The molecule has 0 atom stereocenters. The molecule has 3 aromatic rings. The van der Waals surface area contributed by atoms with Crippen molar-refractivity contribution in [3.63, 3.8) is 0 Å². The fraction of sp³-hybridized carbons (Fsp3) is 0.259. The van der Waals surface area contributed by atoms with Crippen LogP contribution in [0.4, 0.5) is 0 Å². The third-order valence-corrected chi connectivity index (χ3v) is 4.96. The number of hydrazone groups is 1. The number of amides is 1. The van der Waals surface area contributed by atoms with E-state index in [-0.39, 0.29) is 12.5 Å². The van der Waals surface area contributed by atoms with Gasteiger partial charge in [0.25, 0.3) is 5.91 Å². The Bertz CT molecular complexity index is 1060. The van der Waals surface area contributed by atoms with Crippen molar-refractivity contribution in [2.24, 2.45) is 5.10 Å². The molecule has 0 fully saturated rings. The number of hydrogen-bond donors (Lipinski definition) is 1. The Kier molecular flexibility index (Phi) is 8.03. The van der Waals surface area contributed by atoms with Crippen LogP contribution in [0.5, 0.6) is 11.5 Å². The summed E-state index contributed by atoms with van der Waals surface area (Å²) in [6, 6.07) is 21.8. The van der Waals surface area contributed by atoms with Gasteiger partial charge in [0.1, 0.15) is 18.1 Å². The Hall–Kier alpha value is -3.60. The van der Waals surface area contributed by atoms with Crippen molar-refractivity contribution >= 4 is 12.1 Å². The summed E-state index contributed by atoms with van der Waals surface area (Å²) < 4.78 is 11.5. The van der Waals surface area contributed by atoms with E-state index >= 15 is 0 Å². The highest BCUT2D eigenvalue weighted by molar-refractivity contribution is 5.83. The summed E-state index contributed by atoms with van der Waals surface area (Å²) in [7, 11) is 0. The maximum Gasteiger partial charge on any atom is 0.277 e. The minimum Gasteiger partial charge on any atom is -0.489 e. The Morgan fingerprint density at radius 1 is 0.938 bits per heavy atom. The van der Waals surface area contributed by atoms with Crippen molar-refractivity contribution in [1.82, 2.24) is 5.43 Å². The van der Waals surface area contributed by atoms with Crippen LogP contribution in [-0.4, -0.2) is 18.7 Å². The molecular weight excluding hydrogens is 400 g/mol. The van der Waals surface area contributed by atoms with Crippen LogP contribution in [0.1, 0.15) is 47.6 Å². The van der Waals surface area contributed by atoms with Crippen LogP contribution < -0.4 is 14.9 Å². The lowest BCUT2D eigenvalue weighted by Crippen LogP contribution is -2.25. The normalized spacial score (nSPS) is 11.0. The van der Waals surface area contributed by atoms with Crippen LogP contribution in [0.25, 0.3) is 0 Å². The highest BCUT2D eigenvalue weighted by atomic mass is 16.5. The molecule has 0 saturated heterocycles. The van der Waals surface area contributed by atoms with E-state index < -0.39 is 0 Å². The number of aryl methyl sites for hydroxylation is 2. The zero-order valence-corrected chi connectivity index (χ0v) is 19.1. The average Bonchev–Trinajstić information content (AvgIpc) is 2.78. The second kappa shape index (κ2) is 11.1. The number of hydrogen-bond acceptors (Lipinski definition) is 4. The molecule has 0 aliphatic heterocycles. The molecule has 0 saturated carbocycles. The molecule has 1 N–H and O–H groups in total. The van der Waals surface area contributed by atoms with Gasteiger partial charge < -0.3 is 9.47 Å². The number of benzene rings is 3. The van der Waals surface area contributed by atoms with Gasteiger partial charge in [-0.15, -0.1) is 0 Å². The molecule has 0 aromatic heterocycles. The number of nitrogens with one attached hydrogen (secondary N) is 1. The van der Waals surface area contributed by atoms with Crippen LogP contribution in [0, 0.1) is 13.8 Å². The topological polar surface area (TPSA) is 59.9 Å². The molecule has 5 heteroatoms. The van der Waals surface area contributed by atoms with Gasteiger partial charge in [0.2, 0.25) is 0 Å². The van der Waals surface area contributed by atoms with E-state index in [1.165, 1.54) is 5.56 Å². The Balaban J connectivity index is 1.46. The molecule has 1 amide bonds. The van der Waals surface area contributed by atoms with Crippen LogP contribution in [0.3, 0.4) is 0 Å². The molecule has 0 bridgehead atoms. The van der Waals surface area contributed by atoms with E-state index in [9.17, 15) is 4.79 Å². The minimum atomic E-state index is -0.310. The molecule has 0 spiro atoms. The first-order valence-electron chi connectivity index (χ1n) is 10.7. The van der Waals surface area contributed by atoms with E-state index in [1.807, 2.05) is 49.4 Å². The second-order valence-electron chi connectivity index (χ2n) is 8.12. The monoisotopic (exact) mass is 430 g/mol. The van der Waals surface area contributed by atoms with E-state index in [0.717, 1.165) is 33.8 Å². The van der Waals surface area contributed by atoms with Gasteiger partial charge in [-0.1, -0.05) is 55.8 Å². The first-order valence-corrected chi connectivity index (χ1v) is 10.7. The van der Waals surface area contributed by atoms with Gasteiger partial charge in [-0.2, -0.15) is 5.10 Å². The number of carbonyl (C=O) groups excluding carboxylic acids is 1. The van der Waals surface area contributed by atoms with E-state index in [1.54, 1.807) is 6.21 Å². The summed E-state index contributed by atoms with van der Waals surface area (Å²) in [5.74, 6) is 1.52. The minimum absolute atomic E-state index is 0.0910. The lowest BCUT2D eigenvalue weighted by molar-refractivity contribution is -0.123. The van der Waals surface area contributed by atoms with E-state index in [0.29, 0.717) is 12.5 Å². The van der Waals surface area contributed by atoms with Crippen molar-refractivity contribution in [2.75, 3.05) is 6.61 Å². The lowest BCUT2D eigenvalue weighted by Gasteiger charge is -2.14. The molecule has 3 aromatic carbocycles. The summed E-state index contributed by atoms with van der Waals surface area (Å²) in [6.45, 7) is 8.68. The summed E-state index contributed by atoms with van der Waals surface area (Å²) in [5, 5.41) is 4.02. The van der Waals surface area contributed by atoms with Gasteiger partial charge >= 0.3 is 0 Å². The zero-order valence-electron chi connectivity index (χ0n) is 19.1. The summed E-state index contributed by atoms with van der Waals surface area (Å²) in [5.41, 5.74) is 7.88. The standard InChI is InChI=1S/C27H30N2O3/c1-19(2)25-14-7-21(4)15-26(25)32-18-27(30)29-28-16-22-10-12-24(13-11-22)31-17-23-8-5-20(3)6-9-23/h5-16,19H,17-18H2,1-4H3,(H,29,30)/b28-16-. The first-order chi connectivity index (χ1) is 15.4. The molecule has 0 aliphatic carbocycles. The molecule has 0 unspecified atom stereocenters. The molecule has 5 nitrogen and oxygen atoms in total. The molecule has 0 aliphatic rings. The summed E-state index contributed by atoms with van der Waals surface area (Å²) >= 11 is 0. The van der Waals surface area contributed by atoms with E-state index in [2.05, 4.69) is 55.6 Å². The molecule has 0 radical (unpaired) electrons. The van der Waals surface area contributed by atoms with Crippen molar-refractivity contribution in [2.45, 2.75) is 40.2 Å². The largest absolute Gasteiger partial charge is 0.489 e. The predicted molar refractivity (Wildman–Crippen MR) is 128 cm³/mol. The number of carbonyl (C=O) groups is 1. The number of nitrogens with zero attached hydrogens (tertiary/aromatic N) is 1. The lowest BCUT2D eigenvalue weighted by atomic mass is 10.0. The highest BCUT2D eigenvalue weighted by Gasteiger charge is 2.10. The van der Waals surface area contributed by atoms with Gasteiger partial charge in [0.15, 0.2) is 6.61 Å². The Morgan fingerprint density at radius 3 is 2.31 bits per heavy atom. The number of rotatable bonds is 9.